The van der Waals surface area contributed by atoms with Crippen molar-refractivity contribution >= 4 is 5.91 Å². The average molecular weight is 291 g/mol. The lowest BCUT2D eigenvalue weighted by molar-refractivity contribution is -0.127. The predicted molar refractivity (Wildman–Crippen MR) is 82.9 cm³/mol. The third-order valence-electron chi connectivity index (χ3n) is 3.80. The van der Waals surface area contributed by atoms with Gasteiger partial charge in [-0.2, -0.15) is 0 Å². The number of likely N-dealkylation sites (N-methyl/N-ethyl adjacent to an activating group) is 1. The third-order valence-corrected chi connectivity index (χ3v) is 3.80. The van der Waals surface area contributed by atoms with E-state index < -0.39 is 0 Å². The molecule has 0 saturated carbocycles. The van der Waals surface area contributed by atoms with Gasteiger partial charge in [0, 0.05) is 39.8 Å². The lowest BCUT2D eigenvalue weighted by Gasteiger charge is -2.35. The van der Waals surface area contributed by atoms with Crippen molar-refractivity contribution in [1.82, 2.24) is 15.5 Å². The van der Waals surface area contributed by atoms with Crippen LogP contribution in [0.15, 0.2) is 24.3 Å². The molecule has 2 rings (SSSR count). The fourth-order valence-corrected chi connectivity index (χ4v) is 2.71. The molecule has 1 aliphatic heterocycles. The van der Waals surface area contributed by atoms with Gasteiger partial charge in [0.15, 0.2) is 0 Å². The van der Waals surface area contributed by atoms with Crippen molar-refractivity contribution in [3.05, 3.63) is 35.4 Å². The van der Waals surface area contributed by atoms with E-state index in [2.05, 4.69) is 27.7 Å². The monoisotopic (exact) mass is 291 g/mol. The Kier molecular flexibility index (Phi) is 6.17. The van der Waals surface area contributed by atoms with E-state index in [9.17, 15) is 4.79 Å². The number of carbonyl (C=O) groups is 1. The Hall–Kier alpha value is -1.43. The zero-order valence-corrected chi connectivity index (χ0v) is 12.9. The molecule has 1 heterocycles. The van der Waals surface area contributed by atoms with Crippen molar-refractivity contribution in [3.63, 3.8) is 0 Å². The molecule has 1 aliphatic rings. The van der Waals surface area contributed by atoms with Crippen molar-refractivity contribution < 1.29 is 9.53 Å². The molecule has 1 fully saturated rings. The van der Waals surface area contributed by atoms with Crippen LogP contribution in [0.1, 0.15) is 18.1 Å². The van der Waals surface area contributed by atoms with Gasteiger partial charge in [-0.05, 0) is 18.1 Å². The quantitative estimate of drug-likeness (QED) is 0.812. The summed E-state index contributed by atoms with van der Waals surface area (Å²) in [6, 6.07) is 8.16. The number of methoxy groups -OCH3 is 1. The summed E-state index contributed by atoms with van der Waals surface area (Å²) in [6.45, 7) is 6.51. The van der Waals surface area contributed by atoms with E-state index in [1.165, 1.54) is 11.1 Å². The van der Waals surface area contributed by atoms with Crippen LogP contribution >= 0.6 is 0 Å². The summed E-state index contributed by atoms with van der Waals surface area (Å²) in [6.07, 6.45) is 0. The molecule has 0 bridgehead atoms. The van der Waals surface area contributed by atoms with Crippen LogP contribution in [0.5, 0.6) is 0 Å². The van der Waals surface area contributed by atoms with Gasteiger partial charge in [-0.3, -0.25) is 9.69 Å². The Balaban J connectivity index is 2.10. The van der Waals surface area contributed by atoms with Gasteiger partial charge in [-0.1, -0.05) is 24.3 Å². The van der Waals surface area contributed by atoms with Gasteiger partial charge in [0.2, 0.25) is 5.91 Å². The van der Waals surface area contributed by atoms with Crippen LogP contribution in [0.3, 0.4) is 0 Å². The standard InChI is InChI=1S/C16H25N3O2/c1-3-18-16(20)15-10-17-8-9-19(15)11-13-6-4-5-7-14(13)12-21-2/h4-7,15,17H,3,8-12H2,1-2H3,(H,18,20). The molecular formula is C16H25N3O2. The number of nitrogens with one attached hydrogen (secondary N) is 2. The molecule has 1 aromatic rings. The normalized spacial score (nSPS) is 19.4. The molecule has 21 heavy (non-hydrogen) atoms. The fourth-order valence-electron chi connectivity index (χ4n) is 2.71. The molecule has 5 heteroatoms. The summed E-state index contributed by atoms with van der Waals surface area (Å²) in [5.41, 5.74) is 2.42. The van der Waals surface area contributed by atoms with E-state index >= 15 is 0 Å². The van der Waals surface area contributed by atoms with Crippen molar-refractivity contribution in [3.8, 4) is 0 Å². The largest absolute Gasteiger partial charge is 0.380 e. The number of piperazine rings is 1. The van der Waals surface area contributed by atoms with Gasteiger partial charge in [-0.25, -0.2) is 0 Å². The first-order valence-electron chi connectivity index (χ1n) is 7.54. The van der Waals surface area contributed by atoms with E-state index in [-0.39, 0.29) is 11.9 Å². The number of carbonyl (C=O) groups excluding carboxylic acids is 1. The van der Waals surface area contributed by atoms with Gasteiger partial charge in [0.1, 0.15) is 6.04 Å². The SMILES string of the molecule is CCNC(=O)C1CNCCN1Cc1ccccc1COC. The molecule has 1 atom stereocenters. The van der Waals surface area contributed by atoms with Crippen LogP contribution in [0.25, 0.3) is 0 Å². The highest BCUT2D eigenvalue weighted by atomic mass is 16.5. The first kappa shape index (κ1) is 15.9. The van der Waals surface area contributed by atoms with E-state index in [1.54, 1.807) is 7.11 Å². The zero-order valence-electron chi connectivity index (χ0n) is 12.9. The fraction of sp³-hybridized carbons (Fsp3) is 0.562. The summed E-state index contributed by atoms with van der Waals surface area (Å²) in [5.74, 6) is 0.105. The minimum Gasteiger partial charge on any atom is -0.380 e. The maximum atomic E-state index is 12.2. The van der Waals surface area contributed by atoms with E-state index in [0.29, 0.717) is 19.7 Å². The second kappa shape index (κ2) is 8.12. The average Bonchev–Trinajstić information content (AvgIpc) is 2.50. The van der Waals surface area contributed by atoms with E-state index in [1.807, 2.05) is 19.1 Å². The minimum atomic E-state index is -0.102. The molecule has 1 amide bonds. The highest BCUT2D eigenvalue weighted by Gasteiger charge is 2.28. The summed E-state index contributed by atoms with van der Waals surface area (Å²) < 4.78 is 5.26. The van der Waals surface area contributed by atoms with Crippen molar-refractivity contribution in [2.75, 3.05) is 33.3 Å². The van der Waals surface area contributed by atoms with Crippen molar-refractivity contribution in [2.45, 2.75) is 26.1 Å². The first-order chi connectivity index (χ1) is 10.3. The Labute approximate surface area is 126 Å². The summed E-state index contributed by atoms with van der Waals surface area (Å²) >= 11 is 0. The molecule has 0 spiro atoms. The summed E-state index contributed by atoms with van der Waals surface area (Å²) in [5, 5.41) is 6.23. The molecule has 0 aliphatic carbocycles. The molecule has 1 unspecified atom stereocenters. The lowest BCUT2D eigenvalue weighted by Crippen LogP contribution is -2.57. The number of amides is 1. The second-order valence-corrected chi connectivity index (χ2v) is 5.29. The third kappa shape index (κ3) is 4.27. The van der Waals surface area contributed by atoms with E-state index in [0.717, 1.165) is 19.6 Å². The molecule has 5 nitrogen and oxygen atoms in total. The minimum absolute atomic E-state index is 0.102. The van der Waals surface area contributed by atoms with Gasteiger partial charge >= 0.3 is 0 Å². The van der Waals surface area contributed by atoms with Crippen LogP contribution in [0.4, 0.5) is 0 Å². The maximum Gasteiger partial charge on any atom is 0.238 e. The van der Waals surface area contributed by atoms with Gasteiger partial charge < -0.3 is 15.4 Å². The number of rotatable bonds is 6. The van der Waals surface area contributed by atoms with Crippen molar-refractivity contribution in [1.29, 1.82) is 0 Å². The molecule has 1 aromatic carbocycles. The second-order valence-electron chi connectivity index (χ2n) is 5.29. The van der Waals surface area contributed by atoms with Crippen LogP contribution in [-0.4, -0.2) is 50.1 Å². The zero-order chi connectivity index (χ0) is 15.1. The van der Waals surface area contributed by atoms with Gasteiger partial charge in [-0.15, -0.1) is 0 Å². The number of benzene rings is 1. The smallest absolute Gasteiger partial charge is 0.238 e. The van der Waals surface area contributed by atoms with Gasteiger partial charge in [0.05, 0.1) is 6.61 Å². The summed E-state index contributed by atoms with van der Waals surface area (Å²) in [4.78, 5) is 14.4. The lowest BCUT2D eigenvalue weighted by atomic mass is 10.1. The van der Waals surface area contributed by atoms with Crippen LogP contribution in [-0.2, 0) is 22.7 Å². The Morgan fingerprint density at radius 1 is 1.43 bits per heavy atom. The topological polar surface area (TPSA) is 53.6 Å². The Bertz CT molecular complexity index is 465. The van der Waals surface area contributed by atoms with E-state index in [4.69, 9.17) is 4.74 Å². The number of nitrogens with zero attached hydrogens (tertiary/aromatic N) is 1. The molecule has 0 aromatic heterocycles. The van der Waals surface area contributed by atoms with Crippen LogP contribution < -0.4 is 10.6 Å². The molecule has 2 N–H and O–H groups in total. The van der Waals surface area contributed by atoms with Gasteiger partial charge in [0.25, 0.3) is 0 Å². The first-order valence-corrected chi connectivity index (χ1v) is 7.54. The Morgan fingerprint density at radius 2 is 2.19 bits per heavy atom. The Morgan fingerprint density at radius 3 is 2.90 bits per heavy atom. The number of ether oxygens (including phenoxy) is 1. The number of hydrogen-bond acceptors (Lipinski definition) is 4. The maximum absolute atomic E-state index is 12.2. The predicted octanol–water partition coefficient (Wildman–Crippen LogP) is 0.743. The molecule has 0 radical (unpaired) electrons. The van der Waals surface area contributed by atoms with Crippen LogP contribution in [0.2, 0.25) is 0 Å². The molecule has 116 valence electrons. The molecular weight excluding hydrogens is 266 g/mol. The van der Waals surface area contributed by atoms with Crippen LogP contribution in [0, 0.1) is 0 Å². The molecule has 1 saturated heterocycles. The highest BCUT2D eigenvalue weighted by molar-refractivity contribution is 5.82. The number of hydrogen-bond donors (Lipinski definition) is 2. The summed E-state index contributed by atoms with van der Waals surface area (Å²) in [7, 11) is 1.71. The highest BCUT2D eigenvalue weighted by Crippen LogP contribution is 2.15. The van der Waals surface area contributed by atoms with Crippen molar-refractivity contribution in [2.24, 2.45) is 0 Å².